The number of benzene rings is 13. The van der Waals surface area contributed by atoms with Gasteiger partial charge in [0.25, 0.3) is 0 Å². The molecule has 0 aliphatic rings. The molecule has 13 rings (SSSR count). The average Bonchev–Trinajstić information content (AvgIpc) is 3.65. The van der Waals surface area contributed by atoms with Crippen LogP contribution in [0.4, 0.5) is 0 Å². The highest BCUT2D eigenvalue weighted by molar-refractivity contribution is 8.34. The summed E-state index contributed by atoms with van der Waals surface area (Å²) in [4.78, 5) is 10.2. The summed E-state index contributed by atoms with van der Waals surface area (Å²) in [5, 5.41) is 0. The zero-order valence-electron chi connectivity index (χ0n) is 45.2. The van der Waals surface area contributed by atoms with Crippen LogP contribution in [-0.4, -0.2) is 0 Å². The average molecular weight is 1070 g/mol. The maximum absolute atomic E-state index is 2.63. The number of aryl methyl sites for hydroxylation is 1. The monoisotopic (exact) mass is 1070 g/mol. The van der Waals surface area contributed by atoms with Crippen LogP contribution in [-0.2, 0) is 0 Å². The Morgan fingerprint density at radius 1 is 0.148 bits per heavy atom. The predicted molar refractivity (Wildman–Crippen MR) is 344 cm³/mol. The molecule has 0 saturated carbocycles. The Hall–Kier alpha value is -9.44. The first kappa shape index (κ1) is 51.0. The van der Waals surface area contributed by atoms with Crippen molar-refractivity contribution in [2.75, 3.05) is 0 Å². The van der Waals surface area contributed by atoms with E-state index in [1.807, 2.05) is 0 Å². The van der Waals surface area contributed by atoms with Crippen LogP contribution < -0.4 is 0 Å². The van der Waals surface area contributed by atoms with Crippen LogP contribution in [0.5, 0.6) is 0 Å². The van der Waals surface area contributed by atoms with E-state index >= 15 is 0 Å². The zero-order valence-corrected chi connectivity index (χ0v) is 46.9. The Balaban J connectivity index is 1.11. The van der Waals surface area contributed by atoms with Crippen LogP contribution in [0.3, 0.4) is 0 Å². The van der Waals surface area contributed by atoms with Crippen molar-refractivity contribution in [3.05, 3.63) is 351 Å². The molecule has 0 atom stereocenters. The largest absolute Gasteiger partial charge is 0.133 e. The van der Waals surface area contributed by atoms with Crippen molar-refractivity contribution in [3.63, 3.8) is 0 Å². The standard InChI is InChI=1S/C79H60S2/c1-59-56-78(80(72-44-32-66(33-45-72)60-20-8-2-9-21-60,73-46-34-67(35-47-73)61-22-10-3-11-23-61)74-48-36-68(37-49-74)62-24-12-4-13-25-62)58-79(57-59)81(75-50-38-69(39-51-75)63-26-14-5-15-27-63,76-52-40-70(41-53-76)64-28-16-6-17-29-64)77-54-42-71(43-55-77)65-30-18-7-19-31-65/h2-58H,1H3. The van der Waals surface area contributed by atoms with E-state index in [0.29, 0.717) is 0 Å². The highest BCUT2D eigenvalue weighted by atomic mass is 32.3. The normalized spacial score (nSPS) is 11.9. The van der Waals surface area contributed by atoms with E-state index in [0.717, 1.165) is 0 Å². The smallest absolute Gasteiger partial charge is 0.00365 e. The molecule has 0 aliphatic heterocycles. The van der Waals surface area contributed by atoms with Crippen LogP contribution in [0.1, 0.15) is 5.56 Å². The summed E-state index contributed by atoms with van der Waals surface area (Å²) in [7, 11) is -4.55. The van der Waals surface area contributed by atoms with E-state index in [2.05, 4.69) is 353 Å². The first-order valence-corrected chi connectivity index (χ1v) is 31.0. The minimum Gasteiger partial charge on any atom is -0.133 e. The molecule has 0 fully saturated rings. The topological polar surface area (TPSA) is 0 Å². The van der Waals surface area contributed by atoms with E-state index in [4.69, 9.17) is 0 Å². The zero-order chi connectivity index (χ0) is 54.4. The van der Waals surface area contributed by atoms with Gasteiger partial charge in [0.15, 0.2) is 0 Å². The lowest BCUT2D eigenvalue weighted by atomic mass is 10.1. The van der Waals surface area contributed by atoms with Gasteiger partial charge in [-0.05, 0) is 170 Å². The van der Waals surface area contributed by atoms with E-state index in [1.165, 1.54) is 111 Å². The van der Waals surface area contributed by atoms with Gasteiger partial charge in [-0.2, -0.15) is 0 Å². The molecular weight excluding hydrogens is 1010 g/mol. The Morgan fingerprint density at radius 3 is 0.457 bits per heavy atom. The molecule has 0 radical (unpaired) electrons. The van der Waals surface area contributed by atoms with Gasteiger partial charge in [0.05, 0.1) is 0 Å². The summed E-state index contributed by atoms with van der Waals surface area (Å²) >= 11 is 0. The first-order chi connectivity index (χ1) is 40.0. The van der Waals surface area contributed by atoms with Gasteiger partial charge in [0.2, 0.25) is 0 Å². The van der Waals surface area contributed by atoms with Crippen molar-refractivity contribution in [3.8, 4) is 66.8 Å². The van der Waals surface area contributed by atoms with E-state index < -0.39 is 20.1 Å². The lowest BCUT2D eigenvalue weighted by Gasteiger charge is -2.46. The van der Waals surface area contributed by atoms with Crippen LogP contribution in [0.2, 0.25) is 0 Å². The van der Waals surface area contributed by atoms with Gasteiger partial charge in [-0.25, -0.2) is 0 Å². The molecule has 81 heavy (non-hydrogen) atoms. The van der Waals surface area contributed by atoms with E-state index in [-0.39, 0.29) is 0 Å². The Labute approximate surface area is 481 Å². The second-order valence-corrected chi connectivity index (χ2v) is 26.8. The fourth-order valence-electron chi connectivity index (χ4n) is 11.6. The molecule has 0 amide bonds. The van der Waals surface area contributed by atoms with Crippen molar-refractivity contribution in [1.29, 1.82) is 0 Å². The second kappa shape index (κ2) is 22.7. The van der Waals surface area contributed by atoms with E-state index in [9.17, 15) is 0 Å². The molecule has 0 unspecified atom stereocenters. The second-order valence-electron chi connectivity index (χ2n) is 20.5. The van der Waals surface area contributed by atoms with Crippen molar-refractivity contribution < 1.29 is 0 Å². The van der Waals surface area contributed by atoms with Gasteiger partial charge in [-0.15, -0.1) is 20.1 Å². The molecule has 13 aromatic rings. The quantitative estimate of drug-likeness (QED) is 0.102. The van der Waals surface area contributed by atoms with Gasteiger partial charge < -0.3 is 0 Å². The molecule has 2 heteroatoms. The predicted octanol–water partition coefficient (Wildman–Crippen LogP) is 22.7. The minimum absolute atomic E-state index is 1.19. The Morgan fingerprint density at radius 2 is 0.296 bits per heavy atom. The molecule has 0 spiro atoms. The number of rotatable bonds is 14. The number of hydrogen-bond acceptors (Lipinski definition) is 0. The molecular formula is C79H60S2. The van der Waals surface area contributed by atoms with Crippen molar-refractivity contribution in [1.82, 2.24) is 0 Å². The van der Waals surface area contributed by atoms with Gasteiger partial charge in [0, 0.05) is 39.2 Å². The third-order valence-electron chi connectivity index (χ3n) is 15.6. The molecule has 0 nitrogen and oxygen atoms in total. The first-order valence-electron chi connectivity index (χ1n) is 27.8. The fraction of sp³-hybridized carbons (Fsp3) is 0.0127. The molecule has 0 heterocycles. The summed E-state index contributed by atoms with van der Waals surface area (Å²) < 4.78 is 0. The molecule has 0 bridgehead atoms. The molecule has 0 aromatic heterocycles. The Kier molecular flexibility index (Phi) is 14.3. The molecule has 13 aromatic carbocycles. The fourth-order valence-corrected chi connectivity index (χ4v) is 19.5. The summed E-state index contributed by atoms with van der Waals surface area (Å²) in [6.07, 6.45) is 0. The highest BCUT2D eigenvalue weighted by Crippen LogP contribution is 2.78. The van der Waals surface area contributed by atoms with Gasteiger partial charge in [-0.3, -0.25) is 0 Å². The molecule has 388 valence electrons. The summed E-state index contributed by atoms with van der Waals surface area (Å²) in [5.41, 5.74) is 15.6. The third kappa shape index (κ3) is 9.95. The minimum atomic E-state index is -2.27. The van der Waals surface area contributed by atoms with Crippen LogP contribution >= 0.6 is 20.1 Å². The Bertz CT molecular complexity index is 3490. The highest BCUT2D eigenvalue weighted by Gasteiger charge is 2.39. The maximum Gasteiger partial charge on any atom is 0.00365 e. The van der Waals surface area contributed by atoms with Crippen molar-refractivity contribution >= 4 is 20.1 Å². The summed E-state index contributed by atoms with van der Waals surface area (Å²) in [6, 6.07) is 129. The number of hydrogen-bond donors (Lipinski definition) is 0. The van der Waals surface area contributed by atoms with Crippen LogP contribution in [0.25, 0.3) is 66.8 Å². The van der Waals surface area contributed by atoms with Crippen molar-refractivity contribution in [2.24, 2.45) is 0 Å². The van der Waals surface area contributed by atoms with E-state index in [1.54, 1.807) is 0 Å². The van der Waals surface area contributed by atoms with Gasteiger partial charge in [-0.1, -0.05) is 255 Å². The third-order valence-corrected chi connectivity index (χ3v) is 23.4. The maximum atomic E-state index is 2.63. The molecule has 0 aliphatic carbocycles. The van der Waals surface area contributed by atoms with Crippen LogP contribution in [0.15, 0.2) is 385 Å². The summed E-state index contributed by atoms with van der Waals surface area (Å²) in [5.74, 6) is 0. The SMILES string of the molecule is Cc1cc(S(c2ccc(-c3ccccc3)cc2)(c2ccc(-c3ccccc3)cc2)c2ccc(-c3ccccc3)cc2)cc(S(c2ccc(-c3ccccc3)cc2)(c2ccc(-c3ccccc3)cc2)c2ccc(-c3ccccc3)cc2)c1. The lowest BCUT2D eigenvalue weighted by Crippen LogP contribution is -2.09. The van der Waals surface area contributed by atoms with Crippen molar-refractivity contribution in [2.45, 2.75) is 46.1 Å². The van der Waals surface area contributed by atoms with Gasteiger partial charge in [0.1, 0.15) is 0 Å². The van der Waals surface area contributed by atoms with Gasteiger partial charge >= 0.3 is 0 Å². The summed E-state index contributed by atoms with van der Waals surface area (Å²) in [6.45, 7) is 2.31. The molecule has 0 N–H and O–H groups in total. The molecule has 0 saturated heterocycles. The lowest BCUT2D eigenvalue weighted by molar-refractivity contribution is 1.16. The van der Waals surface area contributed by atoms with Crippen LogP contribution in [0, 0.1) is 6.92 Å².